The SMILES string of the molecule is Cl.O=S(=O)(c1cccc(Cl)c1)n1ccc2c(N3CCNCC3)c(F)ccc21. The van der Waals surface area contributed by atoms with Gasteiger partial charge in [0.05, 0.1) is 16.1 Å². The lowest BCUT2D eigenvalue weighted by molar-refractivity contribution is 0.568. The number of hydrogen-bond acceptors (Lipinski definition) is 4. The first-order chi connectivity index (χ1) is 12.5. The summed E-state index contributed by atoms with van der Waals surface area (Å²) in [6, 6.07) is 10.6. The zero-order valence-electron chi connectivity index (χ0n) is 14.2. The van der Waals surface area contributed by atoms with Gasteiger partial charge < -0.3 is 10.2 Å². The van der Waals surface area contributed by atoms with Crippen molar-refractivity contribution in [3.05, 3.63) is 59.5 Å². The molecule has 0 amide bonds. The van der Waals surface area contributed by atoms with E-state index < -0.39 is 10.0 Å². The normalized spacial score (nSPS) is 15.0. The van der Waals surface area contributed by atoms with Crippen molar-refractivity contribution < 1.29 is 12.8 Å². The van der Waals surface area contributed by atoms with Crippen LogP contribution in [-0.2, 0) is 10.0 Å². The second-order valence-corrected chi connectivity index (χ2v) is 8.39. The fourth-order valence-corrected chi connectivity index (χ4v) is 4.96. The molecule has 1 saturated heterocycles. The Labute approximate surface area is 168 Å². The quantitative estimate of drug-likeness (QED) is 0.691. The van der Waals surface area contributed by atoms with Crippen molar-refractivity contribution in [3.8, 4) is 0 Å². The minimum atomic E-state index is -3.83. The van der Waals surface area contributed by atoms with Gasteiger partial charge in [-0.3, -0.25) is 0 Å². The van der Waals surface area contributed by atoms with Gasteiger partial charge in [-0.15, -0.1) is 12.4 Å². The van der Waals surface area contributed by atoms with Crippen molar-refractivity contribution in [1.29, 1.82) is 0 Å². The summed E-state index contributed by atoms with van der Waals surface area (Å²) in [6.45, 7) is 2.86. The minimum Gasteiger partial charge on any atom is -0.366 e. The molecule has 0 spiro atoms. The van der Waals surface area contributed by atoms with Crippen LogP contribution in [0.4, 0.5) is 10.1 Å². The molecule has 1 fully saturated rings. The summed E-state index contributed by atoms with van der Waals surface area (Å²) in [5.74, 6) is -0.350. The van der Waals surface area contributed by atoms with Gasteiger partial charge >= 0.3 is 0 Å². The third-order valence-electron chi connectivity index (χ3n) is 4.54. The number of piperazine rings is 1. The van der Waals surface area contributed by atoms with Gasteiger partial charge in [0.25, 0.3) is 10.0 Å². The van der Waals surface area contributed by atoms with E-state index in [4.69, 9.17) is 11.6 Å². The second-order valence-electron chi connectivity index (χ2n) is 6.14. The molecule has 3 aromatic rings. The van der Waals surface area contributed by atoms with Crippen molar-refractivity contribution in [1.82, 2.24) is 9.29 Å². The van der Waals surface area contributed by atoms with Gasteiger partial charge in [-0.05, 0) is 36.4 Å². The largest absolute Gasteiger partial charge is 0.366 e. The monoisotopic (exact) mass is 429 g/mol. The average Bonchev–Trinajstić information content (AvgIpc) is 3.07. The van der Waals surface area contributed by atoms with Crippen LogP contribution in [0.3, 0.4) is 0 Å². The van der Waals surface area contributed by atoms with Crippen molar-refractivity contribution in [2.75, 3.05) is 31.1 Å². The molecule has 9 heteroatoms. The Morgan fingerprint density at radius 1 is 1.07 bits per heavy atom. The van der Waals surface area contributed by atoms with E-state index in [-0.39, 0.29) is 23.1 Å². The zero-order chi connectivity index (χ0) is 18.3. The maximum atomic E-state index is 14.5. The molecule has 0 radical (unpaired) electrons. The maximum Gasteiger partial charge on any atom is 0.268 e. The Kier molecular flexibility index (Phi) is 5.67. The topological polar surface area (TPSA) is 54.3 Å². The Morgan fingerprint density at radius 3 is 2.52 bits per heavy atom. The molecular weight excluding hydrogens is 412 g/mol. The molecule has 0 unspecified atom stereocenters. The predicted octanol–water partition coefficient (Wildman–Crippen LogP) is 3.50. The number of anilines is 1. The molecule has 0 bridgehead atoms. The van der Waals surface area contributed by atoms with Crippen molar-refractivity contribution >= 4 is 50.6 Å². The number of benzene rings is 2. The first-order valence-electron chi connectivity index (χ1n) is 8.25. The molecular formula is C18H18Cl2FN3O2S. The molecule has 0 saturated carbocycles. The summed E-state index contributed by atoms with van der Waals surface area (Å²) in [7, 11) is -3.83. The molecule has 27 heavy (non-hydrogen) atoms. The molecule has 4 rings (SSSR count). The van der Waals surface area contributed by atoms with E-state index in [9.17, 15) is 12.8 Å². The number of halogens is 3. The number of nitrogens with zero attached hydrogens (tertiary/aromatic N) is 2. The number of aromatic nitrogens is 1. The van der Waals surface area contributed by atoms with Gasteiger partial charge in [-0.25, -0.2) is 16.8 Å². The van der Waals surface area contributed by atoms with E-state index in [1.54, 1.807) is 18.2 Å². The van der Waals surface area contributed by atoms with Gasteiger partial charge in [0.2, 0.25) is 0 Å². The molecule has 1 aliphatic rings. The van der Waals surface area contributed by atoms with Crippen molar-refractivity contribution in [3.63, 3.8) is 0 Å². The lowest BCUT2D eigenvalue weighted by atomic mass is 10.1. The third kappa shape index (κ3) is 3.52. The molecule has 2 aromatic carbocycles. The molecule has 0 aliphatic carbocycles. The van der Waals surface area contributed by atoms with Gasteiger partial charge in [-0.1, -0.05) is 17.7 Å². The summed E-state index contributed by atoms with van der Waals surface area (Å²) >= 11 is 5.94. The molecule has 2 heterocycles. The summed E-state index contributed by atoms with van der Waals surface area (Å²) in [5, 5.41) is 4.15. The molecule has 1 aliphatic heterocycles. The molecule has 1 aromatic heterocycles. The Hall–Kier alpha value is -1.80. The summed E-state index contributed by atoms with van der Waals surface area (Å²) in [4.78, 5) is 2.04. The fraction of sp³-hybridized carbons (Fsp3) is 0.222. The minimum absolute atomic E-state index is 0. The number of fused-ring (bicyclic) bond motifs is 1. The Morgan fingerprint density at radius 2 is 1.81 bits per heavy atom. The molecule has 0 atom stereocenters. The van der Waals surface area contributed by atoms with Crippen molar-refractivity contribution in [2.24, 2.45) is 0 Å². The summed E-state index contributed by atoms with van der Waals surface area (Å²) in [5.41, 5.74) is 0.893. The van der Waals surface area contributed by atoms with Crippen LogP contribution in [0, 0.1) is 5.82 Å². The first-order valence-corrected chi connectivity index (χ1v) is 10.1. The van der Waals surface area contributed by atoms with Crippen LogP contribution in [0.15, 0.2) is 53.6 Å². The van der Waals surface area contributed by atoms with Crippen molar-refractivity contribution in [2.45, 2.75) is 4.90 Å². The van der Waals surface area contributed by atoms with E-state index in [0.29, 0.717) is 34.7 Å². The highest BCUT2D eigenvalue weighted by Gasteiger charge is 2.23. The highest BCUT2D eigenvalue weighted by Crippen LogP contribution is 2.33. The van der Waals surface area contributed by atoms with E-state index >= 15 is 0 Å². The first kappa shape index (κ1) is 19.9. The Bertz CT molecular complexity index is 1080. The number of hydrogen-bond donors (Lipinski definition) is 1. The van der Waals surface area contributed by atoms with E-state index in [1.165, 1.54) is 34.4 Å². The summed E-state index contributed by atoms with van der Waals surface area (Å²) in [6.07, 6.45) is 1.46. The molecule has 144 valence electrons. The predicted molar refractivity (Wildman–Crippen MR) is 108 cm³/mol. The molecule has 1 N–H and O–H groups in total. The summed E-state index contributed by atoms with van der Waals surface area (Å²) < 4.78 is 41.8. The van der Waals surface area contributed by atoms with Crippen LogP contribution in [0.2, 0.25) is 5.02 Å². The second kappa shape index (κ2) is 7.67. The van der Waals surface area contributed by atoms with Crippen LogP contribution in [0.1, 0.15) is 0 Å². The van der Waals surface area contributed by atoms with Crippen LogP contribution >= 0.6 is 24.0 Å². The zero-order valence-corrected chi connectivity index (χ0v) is 16.6. The highest BCUT2D eigenvalue weighted by atomic mass is 35.5. The average molecular weight is 430 g/mol. The highest BCUT2D eigenvalue weighted by molar-refractivity contribution is 7.90. The van der Waals surface area contributed by atoms with Crippen LogP contribution in [-0.4, -0.2) is 38.6 Å². The standard InChI is InChI=1S/C18H17ClFN3O2S.ClH/c19-13-2-1-3-14(12-13)26(24,25)23-9-6-15-17(23)5-4-16(20)18(15)22-10-7-21-8-11-22;/h1-6,9,12,21H,7-8,10-11H2;1H. The van der Waals surface area contributed by atoms with Crippen LogP contribution < -0.4 is 10.2 Å². The van der Waals surface area contributed by atoms with Crippen LogP contribution in [0.5, 0.6) is 0 Å². The van der Waals surface area contributed by atoms with Gasteiger partial charge in [-0.2, -0.15) is 0 Å². The number of rotatable bonds is 3. The lowest BCUT2D eigenvalue weighted by Crippen LogP contribution is -2.44. The van der Waals surface area contributed by atoms with Gasteiger partial charge in [0.1, 0.15) is 5.82 Å². The van der Waals surface area contributed by atoms with E-state index in [2.05, 4.69) is 5.32 Å². The Balaban J connectivity index is 0.00000210. The fourth-order valence-electron chi connectivity index (χ4n) is 3.31. The van der Waals surface area contributed by atoms with Gasteiger partial charge in [0, 0.05) is 42.8 Å². The smallest absolute Gasteiger partial charge is 0.268 e. The molecule has 5 nitrogen and oxygen atoms in total. The number of nitrogens with one attached hydrogen (secondary N) is 1. The third-order valence-corrected chi connectivity index (χ3v) is 6.47. The van der Waals surface area contributed by atoms with E-state index in [0.717, 1.165) is 13.1 Å². The van der Waals surface area contributed by atoms with E-state index in [1.807, 2.05) is 4.90 Å². The lowest BCUT2D eigenvalue weighted by Gasteiger charge is -2.30. The van der Waals surface area contributed by atoms with Crippen LogP contribution in [0.25, 0.3) is 10.9 Å². The van der Waals surface area contributed by atoms with Gasteiger partial charge in [0.15, 0.2) is 0 Å². The maximum absolute atomic E-state index is 14.5.